The third-order valence-electron chi connectivity index (χ3n) is 2.82. The van der Waals surface area contributed by atoms with Crippen LogP contribution in [0, 0.1) is 12.7 Å². The lowest BCUT2D eigenvalue weighted by molar-refractivity contribution is 0.629. The van der Waals surface area contributed by atoms with Gasteiger partial charge in [-0.2, -0.15) is 0 Å². The largest absolute Gasteiger partial charge is 0.207 e. The second-order valence-corrected chi connectivity index (χ2v) is 4.32. The molecular formula is C14H15F. The van der Waals surface area contributed by atoms with Gasteiger partial charge in [0.25, 0.3) is 0 Å². The third kappa shape index (κ3) is 1.74. The molecule has 2 aromatic carbocycles. The van der Waals surface area contributed by atoms with Gasteiger partial charge < -0.3 is 0 Å². The fourth-order valence-corrected chi connectivity index (χ4v) is 2.20. The lowest BCUT2D eigenvalue weighted by atomic mass is 9.92. The van der Waals surface area contributed by atoms with Crippen LogP contribution < -0.4 is 0 Å². The van der Waals surface area contributed by atoms with Gasteiger partial charge in [-0.25, -0.2) is 4.39 Å². The highest BCUT2D eigenvalue weighted by Gasteiger charge is 2.08. The number of benzene rings is 2. The standard InChI is InChI=1S/C14H15F/c1-9(2)14-10(3)4-5-11-8-12(15)6-7-13(11)14/h4-9H,1-3H3. The van der Waals surface area contributed by atoms with Gasteiger partial charge in [0.2, 0.25) is 0 Å². The van der Waals surface area contributed by atoms with Crippen molar-refractivity contribution in [3.8, 4) is 0 Å². The summed E-state index contributed by atoms with van der Waals surface area (Å²) in [5, 5.41) is 2.16. The molecule has 0 saturated heterocycles. The molecule has 0 N–H and O–H groups in total. The molecule has 2 aromatic rings. The van der Waals surface area contributed by atoms with Crippen molar-refractivity contribution in [2.75, 3.05) is 0 Å². The molecule has 0 aliphatic heterocycles. The number of rotatable bonds is 1. The topological polar surface area (TPSA) is 0 Å². The summed E-state index contributed by atoms with van der Waals surface area (Å²) < 4.78 is 13.1. The van der Waals surface area contributed by atoms with Gasteiger partial charge in [-0.05, 0) is 46.9 Å². The first kappa shape index (κ1) is 10.2. The molecule has 0 amide bonds. The van der Waals surface area contributed by atoms with E-state index in [1.54, 1.807) is 6.07 Å². The van der Waals surface area contributed by atoms with Gasteiger partial charge in [-0.1, -0.05) is 32.0 Å². The second-order valence-electron chi connectivity index (χ2n) is 4.32. The normalized spacial score (nSPS) is 11.3. The van der Waals surface area contributed by atoms with Gasteiger partial charge in [0.05, 0.1) is 0 Å². The Kier molecular flexibility index (Phi) is 2.47. The molecule has 1 heteroatoms. The zero-order valence-electron chi connectivity index (χ0n) is 9.34. The van der Waals surface area contributed by atoms with Gasteiger partial charge in [0, 0.05) is 0 Å². The number of hydrogen-bond donors (Lipinski definition) is 0. The summed E-state index contributed by atoms with van der Waals surface area (Å²) in [4.78, 5) is 0. The smallest absolute Gasteiger partial charge is 0.123 e. The highest BCUT2D eigenvalue weighted by Crippen LogP contribution is 2.28. The molecule has 0 aliphatic rings. The van der Waals surface area contributed by atoms with Gasteiger partial charge in [-0.3, -0.25) is 0 Å². The monoisotopic (exact) mass is 202 g/mol. The van der Waals surface area contributed by atoms with E-state index in [0.717, 1.165) is 5.39 Å². The number of hydrogen-bond acceptors (Lipinski definition) is 0. The van der Waals surface area contributed by atoms with Crippen molar-refractivity contribution in [3.05, 3.63) is 47.3 Å². The summed E-state index contributed by atoms with van der Waals surface area (Å²) in [6.07, 6.45) is 0. The van der Waals surface area contributed by atoms with Crippen molar-refractivity contribution in [1.82, 2.24) is 0 Å². The molecule has 15 heavy (non-hydrogen) atoms. The van der Waals surface area contributed by atoms with Crippen molar-refractivity contribution in [2.45, 2.75) is 26.7 Å². The van der Waals surface area contributed by atoms with E-state index in [1.165, 1.54) is 22.6 Å². The Morgan fingerprint density at radius 3 is 2.47 bits per heavy atom. The van der Waals surface area contributed by atoms with Crippen LogP contribution in [0.4, 0.5) is 4.39 Å². The average molecular weight is 202 g/mol. The van der Waals surface area contributed by atoms with Gasteiger partial charge in [0.15, 0.2) is 0 Å². The first-order valence-corrected chi connectivity index (χ1v) is 5.28. The molecule has 0 saturated carbocycles. The van der Waals surface area contributed by atoms with Crippen LogP contribution in [-0.2, 0) is 0 Å². The lowest BCUT2D eigenvalue weighted by Gasteiger charge is -2.13. The van der Waals surface area contributed by atoms with E-state index in [2.05, 4.69) is 26.8 Å². The summed E-state index contributed by atoms with van der Waals surface area (Å²) in [5.74, 6) is 0.306. The molecule has 0 atom stereocenters. The fourth-order valence-electron chi connectivity index (χ4n) is 2.20. The zero-order valence-corrected chi connectivity index (χ0v) is 9.34. The first-order chi connectivity index (χ1) is 7.09. The third-order valence-corrected chi connectivity index (χ3v) is 2.82. The maximum Gasteiger partial charge on any atom is 0.123 e. The van der Waals surface area contributed by atoms with Crippen LogP contribution in [0.3, 0.4) is 0 Å². The molecule has 0 heterocycles. The molecule has 0 radical (unpaired) electrons. The first-order valence-electron chi connectivity index (χ1n) is 5.28. The van der Waals surface area contributed by atoms with Crippen molar-refractivity contribution < 1.29 is 4.39 Å². The predicted molar refractivity (Wildman–Crippen MR) is 62.7 cm³/mol. The minimum absolute atomic E-state index is 0.166. The van der Waals surface area contributed by atoms with E-state index in [4.69, 9.17) is 0 Å². The van der Waals surface area contributed by atoms with E-state index in [0.29, 0.717) is 5.92 Å². The molecule has 2 rings (SSSR count). The zero-order chi connectivity index (χ0) is 11.0. The molecular weight excluding hydrogens is 187 g/mol. The highest BCUT2D eigenvalue weighted by molar-refractivity contribution is 5.87. The predicted octanol–water partition coefficient (Wildman–Crippen LogP) is 4.41. The van der Waals surface area contributed by atoms with E-state index in [1.807, 2.05) is 12.1 Å². The van der Waals surface area contributed by atoms with E-state index in [9.17, 15) is 4.39 Å². The summed E-state index contributed by atoms with van der Waals surface area (Å²) in [7, 11) is 0. The van der Waals surface area contributed by atoms with Crippen LogP contribution in [0.15, 0.2) is 30.3 Å². The molecule has 0 unspecified atom stereocenters. The number of halogens is 1. The Bertz CT molecular complexity index is 498. The Morgan fingerprint density at radius 1 is 1.07 bits per heavy atom. The van der Waals surface area contributed by atoms with Gasteiger partial charge in [0.1, 0.15) is 5.82 Å². The summed E-state index contributed by atoms with van der Waals surface area (Å²) in [6, 6.07) is 9.07. The summed E-state index contributed by atoms with van der Waals surface area (Å²) >= 11 is 0. The highest BCUT2D eigenvalue weighted by atomic mass is 19.1. The van der Waals surface area contributed by atoms with E-state index >= 15 is 0 Å². The Balaban J connectivity index is 2.82. The number of aryl methyl sites for hydroxylation is 1. The molecule has 0 bridgehead atoms. The van der Waals surface area contributed by atoms with E-state index < -0.39 is 0 Å². The quantitative estimate of drug-likeness (QED) is 0.642. The molecule has 0 nitrogen and oxygen atoms in total. The van der Waals surface area contributed by atoms with E-state index in [-0.39, 0.29) is 5.82 Å². The number of fused-ring (bicyclic) bond motifs is 1. The summed E-state index contributed by atoms with van der Waals surface area (Å²) in [5.41, 5.74) is 2.61. The van der Waals surface area contributed by atoms with Crippen LogP contribution in [0.25, 0.3) is 10.8 Å². The Morgan fingerprint density at radius 2 is 1.80 bits per heavy atom. The molecule has 0 fully saturated rings. The van der Waals surface area contributed by atoms with Crippen molar-refractivity contribution in [2.24, 2.45) is 0 Å². The SMILES string of the molecule is Cc1ccc2cc(F)ccc2c1C(C)C. The van der Waals surface area contributed by atoms with Crippen LogP contribution in [-0.4, -0.2) is 0 Å². The minimum Gasteiger partial charge on any atom is -0.207 e. The fraction of sp³-hybridized carbons (Fsp3) is 0.286. The Labute approximate surface area is 89.7 Å². The van der Waals surface area contributed by atoms with Crippen molar-refractivity contribution >= 4 is 10.8 Å². The molecule has 0 aromatic heterocycles. The lowest BCUT2D eigenvalue weighted by Crippen LogP contribution is -1.94. The maximum atomic E-state index is 13.1. The maximum absolute atomic E-state index is 13.1. The summed E-state index contributed by atoms with van der Waals surface area (Å²) in [6.45, 7) is 6.45. The van der Waals surface area contributed by atoms with Gasteiger partial charge in [-0.15, -0.1) is 0 Å². The Hall–Kier alpha value is -1.37. The molecule has 0 aliphatic carbocycles. The molecule has 78 valence electrons. The van der Waals surface area contributed by atoms with Crippen LogP contribution in [0.5, 0.6) is 0 Å². The van der Waals surface area contributed by atoms with Crippen LogP contribution in [0.1, 0.15) is 30.9 Å². The van der Waals surface area contributed by atoms with Crippen LogP contribution in [0.2, 0.25) is 0 Å². The van der Waals surface area contributed by atoms with Crippen LogP contribution >= 0.6 is 0 Å². The minimum atomic E-state index is -0.166. The molecule has 0 spiro atoms. The van der Waals surface area contributed by atoms with Crippen molar-refractivity contribution in [1.29, 1.82) is 0 Å². The average Bonchev–Trinajstić information content (AvgIpc) is 2.17. The van der Waals surface area contributed by atoms with Crippen molar-refractivity contribution in [3.63, 3.8) is 0 Å². The van der Waals surface area contributed by atoms with Gasteiger partial charge >= 0.3 is 0 Å². The second kappa shape index (κ2) is 3.65.